The Balaban J connectivity index is 1.65. The van der Waals surface area contributed by atoms with Gasteiger partial charge in [-0.3, -0.25) is 9.48 Å². The molecule has 0 radical (unpaired) electrons. The molecule has 6 heteroatoms. The Labute approximate surface area is 139 Å². The summed E-state index contributed by atoms with van der Waals surface area (Å²) in [6.07, 6.45) is 0.636. The summed E-state index contributed by atoms with van der Waals surface area (Å²) in [6.45, 7) is 4.34. The number of nitrogens with one attached hydrogen (secondary N) is 1. The van der Waals surface area contributed by atoms with Gasteiger partial charge in [0.25, 0.3) is 0 Å². The summed E-state index contributed by atoms with van der Waals surface area (Å²) in [5.41, 5.74) is 3.44. The van der Waals surface area contributed by atoms with Crippen LogP contribution in [0.3, 0.4) is 0 Å². The molecule has 1 fully saturated rings. The van der Waals surface area contributed by atoms with Crippen LogP contribution in [0.25, 0.3) is 0 Å². The molecule has 1 aliphatic carbocycles. The highest BCUT2D eigenvalue weighted by molar-refractivity contribution is 6.31. The van der Waals surface area contributed by atoms with Crippen LogP contribution in [-0.2, 0) is 18.4 Å². The molecule has 2 aromatic rings. The fourth-order valence-corrected chi connectivity index (χ4v) is 3.35. The number of aromatic nitrogens is 2. The Morgan fingerprint density at radius 2 is 2.22 bits per heavy atom. The zero-order valence-corrected chi connectivity index (χ0v) is 14.1. The number of carbonyl (C=O) groups is 1. The highest BCUT2D eigenvalue weighted by atomic mass is 35.5. The summed E-state index contributed by atoms with van der Waals surface area (Å²) in [7, 11) is 1.88. The molecule has 23 heavy (non-hydrogen) atoms. The van der Waals surface area contributed by atoms with Crippen LogP contribution in [0.5, 0.6) is 0 Å². The van der Waals surface area contributed by atoms with Crippen LogP contribution >= 0.6 is 11.6 Å². The first-order valence-corrected chi connectivity index (χ1v) is 7.98. The number of amides is 1. The molecule has 0 spiro atoms. The van der Waals surface area contributed by atoms with E-state index in [0.29, 0.717) is 23.6 Å². The third-order valence-corrected chi connectivity index (χ3v) is 4.93. The highest BCUT2D eigenvalue weighted by Gasteiger charge is 2.46. The van der Waals surface area contributed by atoms with Crippen LogP contribution in [0.15, 0.2) is 18.2 Å². The third-order valence-electron chi connectivity index (χ3n) is 4.60. The maximum Gasteiger partial charge on any atom is 0.224 e. The molecular weight excluding hydrogens is 317 g/mol. The Hall–Kier alpha value is -1.88. The number of halogens is 2. The van der Waals surface area contributed by atoms with Crippen LogP contribution < -0.4 is 5.32 Å². The predicted molar refractivity (Wildman–Crippen MR) is 86.8 cm³/mol. The topological polar surface area (TPSA) is 46.9 Å². The standard InChI is InChI=1S/C17H19ClFN3O/c1-9-13(10(2)22(3)21-9)8-20-17(23)12-7-11(12)16-14(18)5-4-6-15(16)19/h4-6,11-12H,7-8H2,1-3H3,(H,20,23)/t11-,12-/m1/s1. The number of benzene rings is 1. The summed E-state index contributed by atoms with van der Waals surface area (Å²) in [6, 6.07) is 4.62. The minimum Gasteiger partial charge on any atom is -0.352 e. The van der Waals surface area contributed by atoms with Gasteiger partial charge in [-0.15, -0.1) is 0 Å². The molecule has 0 aliphatic heterocycles. The quantitative estimate of drug-likeness (QED) is 0.932. The van der Waals surface area contributed by atoms with Gasteiger partial charge in [0.05, 0.1) is 5.69 Å². The van der Waals surface area contributed by atoms with Crippen LogP contribution in [0, 0.1) is 25.6 Å². The van der Waals surface area contributed by atoms with E-state index in [1.54, 1.807) is 16.8 Å². The average molecular weight is 336 g/mol. The lowest BCUT2D eigenvalue weighted by Crippen LogP contribution is -2.25. The van der Waals surface area contributed by atoms with Gasteiger partial charge in [0.1, 0.15) is 5.82 Å². The van der Waals surface area contributed by atoms with E-state index in [9.17, 15) is 9.18 Å². The normalized spacial score (nSPS) is 19.7. The van der Waals surface area contributed by atoms with Crippen LogP contribution in [0.2, 0.25) is 5.02 Å². The summed E-state index contributed by atoms with van der Waals surface area (Å²) in [5.74, 6) is -0.727. The van der Waals surface area contributed by atoms with Crippen LogP contribution in [0.1, 0.15) is 34.9 Å². The monoisotopic (exact) mass is 335 g/mol. The Morgan fingerprint density at radius 3 is 2.83 bits per heavy atom. The summed E-state index contributed by atoms with van der Waals surface area (Å²) in [4.78, 5) is 12.3. The van der Waals surface area contributed by atoms with Crippen molar-refractivity contribution in [1.29, 1.82) is 0 Å². The molecular formula is C17H19ClFN3O. The number of aryl methyl sites for hydroxylation is 2. The molecule has 1 N–H and O–H groups in total. The maximum absolute atomic E-state index is 13.9. The van der Waals surface area contributed by atoms with Gasteiger partial charge in [-0.2, -0.15) is 5.10 Å². The van der Waals surface area contributed by atoms with Gasteiger partial charge in [0.15, 0.2) is 0 Å². The van der Waals surface area contributed by atoms with Crippen molar-refractivity contribution in [2.75, 3.05) is 0 Å². The summed E-state index contributed by atoms with van der Waals surface area (Å²) < 4.78 is 15.7. The van der Waals surface area contributed by atoms with E-state index in [1.807, 2.05) is 20.9 Å². The summed E-state index contributed by atoms with van der Waals surface area (Å²) in [5, 5.41) is 7.66. The van der Waals surface area contributed by atoms with Crippen molar-refractivity contribution in [2.24, 2.45) is 13.0 Å². The molecule has 1 aliphatic rings. The number of carbonyl (C=O) groups excluding carboxylic acids is 1. The lowest BCUT2D eigenvalue weighted by Gasteiger charge is -2.07. The zero-order valence-electron chi connectivity index (χ0n) is 13.4. The molecule has 1 amide bonds. The van der Waals surface area contributed by atoms with Crippen molar-refractivity contribution in [2.45, 2.75) is 32.7 Å². The fourth-order valence-electron chi connectivity index (χ4n) is 3.05. The molecule has 1 aromatic heterocycles. The van der Waals surface area contributed by atoms with Crippen molar-refractivity contribution < 1.29 is 9.18 Å². The number of rotatable bonds is 4. The number of hydrogen-bond acceptors (Lipinski definition) is 2. The van der Waals surface area contributed by atoms with Crippen LogP contribution in [-0.4, -0.2) is 15.7 Å². The second-order valence-corrected chi connectivity index (χ2v) is 6.48. The molecule has 3 rings (SSSR count). The molecule has 1 heterocycles. The summed E-state index contributed by atoms with van der Waals surface area (Å²) >= 11 is 6.07. The van der Waals surface area contributed by atoms with E-state index < -0.39 is 0 Å². The average Bonchev–Trinajstić information content (AvgIpc) is 3.22. The third kappa shape index (κ3) is 2.98. The largest absolute Gasteiger partial charge is 0.352 e. The van der Waals surface area contributed by atoms with Crippen molar-refractivity contribution >= 4 is 17.5 Å². The predicted octanol–water partition coefficient (Wildman–Crippen LogP) is 3.25. The van der Waals surface area contributed by atoms with E-state index in [0.717, 1.165) is 17.0 Å². The van der Waals surface area contributed by atoms with E-state index >= 15 is 0 Å². The van der Waals surface area contributed by atoms with Crippen molar-refractivity contribution in [3.63, 3.8) is 0 Å². The molecule has 122 valence electrons. The first-order chi connectivity index (χ1) is 10.9. The minimum absolute atomic E-state index is 0.0584. The van der Waals surface area contributed by atoms with E-state index in [4.69, 9.17) is 11.6 Å². The van der Waals surface area contributed by atoms with Crippen LogP contribution in [0.4, 0.5) is 4.39 Å². The van der Waals surface area contributed by atoms with E-state index in [-0.39, 0.29) is 23.6 Å². The number of nitrogens with zero attached hydrogens (tertiary/aromatic N) is 2. The zero-order chi connectivity index (χ0) is 16.7. The molecule has 0 unspecified atom stereocenters. The molecule has 2 atom stereocenters. The van der Waals surface area contributed by atoms with Gasteiger partial charge in [-0.1, -0.05) is 17.7 Å². The Morgan fingerprint density at radius 1 is 1.48 bits per heavy atom. The van der Waals surface area contributed by atoms with Gasteiger partial charge >= 0.3 is 0 Å². The van der Waals surface area contributed by atoms with Gasteiger partial charge in [0, 0.05) is 47.3 Å². The van der Waals surface area contributed by atoms with E-state index in [2.05, 4.69) is 10.4 Å². The van der Waals surface area contributed by atoms with Gasteiger partial charge < -0.3 is 5.32 Å². The molecule has 4 nitrogen and oxygen atoms in total. The van der Waals surface area contributed by atoms with Crippen molar-refractivity contribution in [3.05, 3.63) is 51.6 Å². The first kappa shape index (κ1) is 16.0. The molecule has 0 bridgehead atoms. The molecule has 0 saturated heterocycles. The molecule has 1 aromatic carbocycles. The van der Waals surface area contributed by atoms with Gasteiger partial charge in [0.2, 0.25) is 5.91 Å². The highest BCUT2D eigenvalue weighted by Crippen LogP contribution is 2.50. The second-order valence-electron chi connectivity index (χ2n) is 6.07. The van der Waals surface area contributed by atoms with Crippen molar-refractivity contribution in [1.82, 2.24) is 15.1 Å². The Bertz CT molecular complexity index is 751. The molecule has 1 saturated carbocycles. The van der Waals surface area contributed by atoms with E-state index in [1.165, 1.54) is 6.07 Å². The smallest absolute Gasteiger partial charge is 0.224 e. The lowest BCUT2D eigenvalue weighted by molar-refractivity contribution is -0.122. The second kappa shape index (κ2) is 5.96. The van der Waals surface area contributed by atoms with Gasteiger partial charge in [-0.05, 0) is 32.4 Å². The minimum atomic E-state index is -0.336. The number of hydrogen-bond donors (Lipinski definition) is 1. The van der Waals surface area contributed by atoms with Crippen molar-refractivity contribution in [3.8, 4) is 0 Å². The Kier molecular flexibility index (Phi) is 4.15. The maximum atomic E-state index is 13.9. The first-order valence-electron chi connectivity index (χ1n) is 7.60. The lowest BCUT2D eigenvalue weighted by atomic mass is 10.1. The SMILES string of the molecule is Cc1nn(C)c(C)c1CNC(=O)[C@@H]1C[C@H]1c1c(F)cccc1Cl. The fraction of sp³-hybridized carbons (Fsp3) is 0.412. The van der Waals surface area contributed by atoms with Gasteiger partial charge in [-0.25, -0.2) is 4.39 Å².